The SMILES string of the molecule is COc1ccc(Cl)cc1S(=O)(=O)Nc1ccc(NCCN(C)C)cn1. The zero-order valence-corrected chi connectivity index (χ0v) is 15.9. The Morgan fingerprint density at radius 3 is 2.60 bits per heavy atom. The maximum Gasteiger partial charge on any atom is 0.266 e. The number of nitrogens with zero attached hydrogens (tertiary/aromatic N) is 2. The molecule has 0 aliphatic carbocycles. The molecule has 1 heterocycles. The molecule has 9 heteroatoms. The number of aromatic nitrogens is 1. The zero-order chi connectivity index (χ0) is 18.4. The monoisotopic (exact) mass is 384 g/mol. The highest BCUT2D eigenvalue weighted by molar-refractivity contribution is 7.92. The number of methoxy groups -OCH3 is 1. The molecule has 0 unspecified atom stereocenters. The Morgan fingerprint density at radius 2 is 2.00 bits per heavy atom. The van der Waals surface area contributed by atoms with Crippen LogP contribution >= 0.6 is 11.6 Å². The average molecular weight is 385 g/mol. The fraction of sp³-hybridized carbons (Fsp3) is 0.312. The number of nitrogens with one attached hydrogen (secondary N) is 2. The predicted molar refractivity (Wildman–Crippen MR) is 100 cm³/mol. The molecule has 0 aliphatic heterocycles. The second-order valence-electron chi connectivity index (χ2n) is 5.56. The van der Waals surface area contributed by atoms with Crippen molar-refractivity contribution < 1.29 is 13.2 Å². The molecule has 1 aromatic carbocycles. The van der Waals surface area contributed by atoms with Gasteiger partial charge in [-0.05, 0) is 44.4 Å². The molecule has 0 spiro atoms. The van der Waals surface area contributed by atoms with Gasteiger partial charge < -0.3 is 15.0 Å². The van der Waals surface area contributed by atoms with Gasteiger partial charge in [0.15, 0.2) is 0 Å². The molecular weight excluding hydrogens is 364 g/mol. The van der Waals surface area contributed by atoms with E-state index in [0.717, 1.165) is 18.8 Å². The first kappa shape index (κ1) is 19.3. The van der Waals surface area contributed by atoms with Crippen LogP contribution in [0, 0.1) is 0 Å². The molecule has 25 heavy (non-hydrogen) atoms. The number of sulfonamides is 1. The van der Waals surface area contributed by atoms with E-state index in [4.69, 9.17) is 16.3 Å². The van der Waals surface area contributed by atoms with Gasteiger partial charge in [-0.1, -0.05) is 11.6 Å². The maximum atomic E-state index is 12.6. The van der Waals surface area contributed by atoms with Crippen molar-refractivity contribution >= 4 is 33.1 Å². The fourth-order valence-corrected chi connectivity index (χ4v) is 3.48. The molecule has 2 N–H and O–H groups in total. The van der Waals surface area contributed by atoms with E-state index in [1.807, 2.05) is 14.1 Å². The lowest BCUT2D eigenvalue weighted by molar-refractivity contribution is 0.403. The van der Waals surface area contributed by atoms with Gasteiger partial charge >= 0.3 is 0 Å². The summed E-state index contributed by atoms with van der Waals surface area (Å²) in [6.45, 7) is 1.64. The van der Waals surface area contributed by atoms with Crippen LogP contribution in [-0.4, -0.2) is 52.6 Å². The Morgan fingerprint density at radius 1 is 1.24 bits per heavy atom. The van der Waals surface area contributed by atoms with Crippen LogP contribution in [0.2, 0.25) is 5.02 Å². The zero-order valence-electron chi connectivity index (χ0n) is 14.3. The standard InChI is InChI=1S/C16H21ClN4O3S/c1-21(2)9-8-18-13-5-7-16(19-11-13)20-25(22,23)15-10-12(17)4-6-14(15)24-3/h4-7,10-11,18H,8-9H2,1-3H3,(H,19,20). The topological polar surface area (TPSA) is 83.6 Å². The summed E-state index contributed by atoms with van der Waals surface area (Å²) in [5.41, 5.74) is 0.810. The summed E-state index contributed by atoms with van der Waals surface area (Å²) >= 11 is 5.90. The molecule has 136 valence electrons. The minimum Gasteiger partial charge on any atom is -0.495 e. The van der Waals surface area contributed by atoms with Crippen LogP contribution < -0.4 is 14.8 Å². The van der Waals surface area contributed by atoms with Crippen LogP contribution in [0.4, 0.5) is 11.5 Å². The van der Waals surface area contributed by atoms with Gasteiger partial charge in [-0.15, -0.1) is 0 Å². The summed E-state index contributed by atoms with van der Waals surface area (Å²) in [5.74, 6) is 0.416. The molecular formula is C16H21ClN4O3S. The van der Waals surface area contributed by atoms with E-state index >= 15 is 0 Å². The number of anilines is 2. The van der Waals surface area contributed by atoms with Crippen molar-refractivity contribution in [1.29, 1.82) is 0 Å². The van der Waals surface area contributed by atoms with Crippen LogP contribution in [0.15, 0.2) is 41.4 Å². The number of likely N-dealkylation sites (N-methyl/N-ethyl adjacent to an activating group) is 1. The van der Waals surface area contributed by atoms with Gasteiger partial charge in [0.25, 0.3) is 10.0 Å². The second kappa shape index (κ2) is 8.37. The third-order valence-corrected chi connectivity index (χ3v) is 4.92. The minimum atomic E-state index is -3.87. The molecule has 2 aromatic rings. The average Bonchev–Trinajstić information content (AvgIpc) is 2.56. The van der Waals surface area contributed by atoms with Crippen LogP contribution in [0.1, 0.15) is 0 Å². The number of ether oxygens (including phenoxy) is 1. The van der Waals surface area contributed by atoms with E-state index in [-0.39, 0.29) is 16.5 Å². The summed E-state index contributed by atoms with van der Waals surface area (Å²) in [6.07, 6.45) is 1.57. The Balaban J connectivity index is 2.12. The Kier molecular flexibility index (Phi) is 6.46. The third-order valence-electron chi connectivity index (χ3n) is 3.31. The second-order valence-corrected chi connectivity index (χ2v) is 7.65. The largest absolute Gasteiger partial charge is 0.495 e. The van der Waals surface area contributed by atoms with E-state index < -0.39 is 10.0 Å². The summed E-state index contributed by atoms with van der Waals surface area (Å²) < 4.78 is 32.6. The molecule has 0 saturated heterocycles. The first-order valence-electron chi connectivity index (χ1n) is 7.53. The van der Waals surface area contributed by atoms with Crippen molar-refractivity contribution in [3.8, 4) is 5.75 Å². The Bertz CT molecular complexity index is 811. The van der Waals surface area contributed by atoms with Crippen molar-refractivity contribution in [3.05, 3.63) is 41.6 Å². The van der Waals surface area contributed by atoms with Crippen molar-refractivity contribution in [2.45, 2.75) is 4.90 Å². The van der Waals surface area contributed by atoms with Crippen molar-refractivity contribution in [3.63, 3.8) is 0 Å². The molecule has 0 saturated carbocycles. The number of halogens is 1. The lowest BCUT2D eigenvalue weighted by Crippen LogP contribution is -2.20. The highest BCUT2D eigenvalue weighted by atomic mass is 35.5. The van der Waals surface area contributed by atoms with Gasteiger partial charge in [-0.2, -0.15) is 0 Å². The molecule has 0 aliphatic rings. The molecule has 0 radical (unpaired) electrons. The van der Waals surface area contributed by atoms with Gasteiger partial charge in [0.2, 0.25) is 0 Å². The van der Waals surface area contributed by atoms with Crippen molar-refractivity contribution in [2.75, 3.05) is 44.3 Å². The van der Waals surface area contributed by atoms with E-state index in [0.29, 0.717) is 5.02 Å². The molecule has 7 nitrogen and oxygen atoms in total. The lowest BCUT2D eigenvalue weighted by atomic mass is 10.3. The van der Waals surface area contributed by atoms with Crippen LogP contribution in [-0.2, 0) is 10.0 Å². The van der Waals surface area contributed by atoms with E-state index in [9.17, 15) is 8.42 Å². The first-order chi connectivity index (χ1) is 11.8. The number of hydrogen-bond acceptors (Lipinski definition) is 6. The van der Waals surface area contributed by atoms with E-state index in [1.54, 1.807) is 24.4 Å². The molecule has 0 bridgehead atoms. The first-order valence-corrected chi connectivity index (χ1v) is 9.39. The highest BCUT2D eigenvalue weighted by Crippen LogP contribution is 2.28. The van der Waals surface area contributed by atoms with Crippen molar-refractivity contribution in [1.82, 2.24) is 9.88 Å². The predicted octanol–water partition coefficient (Wildman–Crippen LogP) is 2.52. The molecule has 0 atom stereocenters. The number of hydrogen-bond donors (Lipinski definition) is 2. The van der Waals surface area contributed by atoms with Gasteiger partial charge in [0, 0.05) is 18.1 Å². The van der Waals surface area contributed by atoms with E-state index in [2.05, 4.69) is 19.9 Å². The summed E-state index contributed by atoms with van der Waals surface area (Å²) in [7, 11) is 1.50. The Labute approximate surface area is 153 Å². The highest BCUT2D eigenvalue weighted by Gasteiger charge is 2.20. The van der Waals surface area contributed by atoms with Gasteiger partial charge in [0.1, 0.15) is 16.5 Å². The quantitative estimate of drug-likeness (QED) is 0.727. The van der Waals surface area contributed by atoms with Crippen LogP contribution in [0.5, 0.6) is 5.75 Å². The summed E-state index contributed by atoms with van der Waals surface area (Å²) in [6, 6.07) is 7.75. The number of pyridine rings is 1. The molecule has 0 amide bonds. The molecule has 2 rings (SSSR count). The normalized spacial score (nSPS) is 11.4. The fourth-order valence-electron chi connectivity index (χ4n) is 2.04. The van der Waals surface area contributed by atoms with Crippen LogP contribution in [0.25, 0.3) is 0 Å². The molecule has 0 fully saturated rings. The number of benzene rings is 1. The van der Waals surface area contributed by atoms with Gasteiger partial charge in [0.05, 0.1) is 19.0 Å². The van der Waals surface area contributed by atoms with Gasteiger partial charge in [-0.3, -0.25) is 4.72 Å². The smallest absolute Gasteiger partial charge is 0.266 e. The number of rotatable bonds is 8. The minimum absolute atomic E-state index is 0.0440. The summed E-state index contributed by atoms with van der Waals surface area (Å²) in [5, 5.41) is 3.51. The Hall–Kier alpha value is -2.03. The van der Waals surface area contributed by atoms with Crippen LogP contribution in [0.3, 0.4) is 0 Å². The van der Waals surface area contributed by atoms with E-state index in [1.165, 1.54) is 19.2 Å². The molecule has 1 aromatic heterocycles. The third kappa shape index (κ3) is 5.48. The summed E-state index contributed by atoms with van der Waals surface area (Å²) in [4.78, 5) is 6.14. The maximum absolute atomic E-state index is 12.6. The van der Waals surface area contributed by atoms with Gasteiger partial charge in [-0.25, -0.2) is 13.4 Å². The van der Waals surface area contributed by atoms with Crippen molar-refractivity contribution in [2.24, 2.45) is 0 Å². The lowest BCUT2D eigenvalue weighted by Gasteiger charge is -2.13.